The summed E-state index contributed by atoms with van der Waals surface area (Å²) in [7, 11) is 0. The fraction of sp³-hybridized carbons (Fsp3) is 0.688. The van der Waals surface area contributed by atoms with E-state index in [4.69, 9.17) is 9.47 Å². The van der Waals surface area contributed by atoms with Gasteiger partial charge in [-0.2, -0.15) is 28.1 Å². The third-order valence-electron chi connectivity index (χ3n) is 8.62. The molecule has 1 aliphatic carbocycles. The smallest absolute Gasteiger partial charge is 0.422 e. The number of ether oxygens (including phenoxy) is 2. The Morgan fingerprint density at radius 3 is 2.41 bits per heavy atom. The molecule has 3 heterocycles. The number of nitrogens with zero attached hydrogens (tertiary/aromatic N) is 4. The Morgan fingerprint density at radius 1 is 0.935 bits per heavy atom. The number of hydrogen-bond acceptors (Lipinski definition) is 10. The molecule has 5 rings (SSSR count). The van der Waals surface area contributed by atoms with Gasteiger partial charge in [0.25, 0.3) is 5.91 Å². The van der Waals surface area contributed by atoms with Crippen molar-refractivity contribution in [3.8, 4) is 11.8 Å². The van der Waals surface area contributed by atoms with E-state index in [-0.39, 0.29) is 23.2 Å². The predicted molar refractivity (Wildman–Crippen MR) is 170 cm³/mol. The molecule has 1 amide bonds. The van der Waals surface area contributed by atoms with E-state index in [1.165, 1.54) is 12.8 Å². The van der Waals surface area contributed by atoms with Crippen molar-refractivity contribution in [2.45, 2.75) is 76.8 Å². The summed E-state index contributed by atoms with van der Waals surface area (Å²) in [6.07, 6.45) is 7.30. The third kappa shape index (κ3) is 11.1. The van der Waals surface area contributed by atoms with Gasteiger partial charge in [0.1, 0.15) is 5.75 Å². The maximum atomic E-state index is 13.4. The molecule has 4 N–H and O–H groups in total. The van der Waals surface area contributed by atoms with E-state index in [1.807, 2.05) is 0 Å². The molecule has 1 saturated heterocycles. The summed E-state index contributed by atoms with van der Waals surface area (Å²) in [6, 6.07) is 4.62. The van der Waals surface area contributed by atoms with E-state index in [0.29, 0.717) is 36.7 Å². The van der Waals surface area contributed by atoms with Crippen molar-refractivity contribution in [2.24, 2.45) is 5.41 Å². The second-order valence-electron chi connectivity index (χ2n) is 12.7. The minimum absolute atomic E-state index is 0.00510. The summed E-state index contributed by atoms with van der Waals surface area (Å²) < 4.78 is 49.6. The van der Waals surface area contributed by atoms with E-state index in [1.54, 1.807) is 18.2 Å². The van der Waals surface area contributed by atoms with Crippen LogP contribution in [0.5, 0.6) is 11.8 Å². The zero-order valence-corrected chi connectivity index (χ0v) is 26.5. The number of benzene rings is 1. The normalized spacial score (nSPS) is 19.9. The molecule has 254 valence electrons. The molecular weight excluding hydrogens is 601 g/mol. The van der Waals surface area contributed by atoms with Gasteiger partial charge in [0.15, 0.2) is 6.61 Å². The van der Waals surface area contributed by atoms with Crippen LogP contribution in [0.15, 0.2) is 18.2 Å². The number of anilines is 3. The van der Waals surface area contributed by atoms with Crippen LogP contribution in [0.3, 0.4) is 0 Å². The van der Waals surface area contributed by atoms with Crippen molar-refractivity contribution >= 4 is 23.5 Å². The van der Waals surface area contributed by atoms with Crippen molar-refractivity contribution in [3.05, 3.63) is 23.8 Å². The van der Waals surface area contributed by atoms with Crippen molar-refractivity contribution in [2.75, 3.05) is 69.7 Å². The summed E-state index contributed by atoms with van der Waals surface area (Å²) in [4.78, 5) is 28.4. The third-order valence-corrected chi connectivity index (χ3v) is 8.62. The monoisotopic (exact) mass is 648 g/mol. The van der Waals surface area contributed by atoms with Crippen LogP contribution >= 0.6 is 0 Å². The first-order chi connectivity index (χ1) is 22.3. The lowest BCUT2D eigenvalue weighted by Gasteiger charge is -2.23. The summed E-state index contributed by atoms with van der Waals surface area (Å²) in [5.74, 6) is 0.318. The van der Waals surface area contributed by atoms with Gasteiger partial charge in [-0.15, -0.1) is 0 Å². The SMILES string of the molecule is O=C(NCC1(CN2CCCC2)CC1)c1ccc2cc1OCCCNCCCCCCCCNc1nc(nc(OCC(F)(F)F)n1)N2. The molecule has 0 unspecified atom stereocenters. The Bertz CT molecular complexity index is 1270. The van der Waals surface area contributed by atoms with Gasteiger partial charge in [-0.1, -0.05) is 25.7 Å². The van der Waals surface area contributed by atoms with Crippen molar-refractivity contribution < 1.29 is 27.4 Å². The van der Waals surface area contributed by atoms with Crippen molar-refractivity contribution in [3.63, 3.8) is 0 Å². The van der Waals surface area contributed by atoms with Gasteiger partial charge < -0.3 is 35.6 Å². The molecule has 14 heteroatoms. The number of halogens is 3. The Morgan fingerprint density at radius 2 is 1.65 bits per heavy atom. The highest BCUT2D eigenvalue weighted by Crippen LogP contribution is 2.46. The van der Waals surface area contributed by atoms with E-state index in [9.17, 15) is 18.0 Å². The lowest BCUT2D eigenvalue weighted by molar-refractivity contribution is -0.154. The number of likely N-dealkylation sites (tertiary alicyclic amines) is 1. The van der Waals surface area contributed by atoms with Gasteiger partial charge in [-0.05, 0) is 83.3 Å². The highest BCUT2D eigenvalue weighted by atomic mass is 19.4. The molecule has 2 aromatic rings. The number of carbonyl (C=O) groups is 1. The fourth-order valence-electron chi connectivity index (χ4n) is 5.87. The zero-order chi connectivity index (χ0) is 32.2. The quantitative estimate of drug-likeness (QED) is 0.315. The largest absolute Gasteiger partial charge is 0.493 e. The number of hydrogen-bond donors (Lipinski definition) is 4. The van der Waals surface area contributed by atoms with Crippen molar-refractivity contribution in [1.29, 1.82) is 0 Å². The van der Waals surface area contributed by atoms with Gasteiger partial charge in [0.05, 0.1) is 12.2 Å². The Balaban J connectivity index is 1.31. The maximum absolute atomic E-state index is 13.4. The average molecular weight is 649 g/mol. The molecule has 3 aliphatic rings. The summed E-state index contributed by atoms with van der Waals surface area (Å²) in [5.41, 5.74) is 1.06. The molecule has 2 aliphatic heterocycles. The predicted octanol–water partition coefficient (Wildman–Crippen LogP) is 5.29. The topological polar surface area (TPSA) is 126 Å². The standard InChI is InChI=1S/C32H47F3N8O3/c33-32(34,35)23-46-30-41-28-37-16-6-4-2-1-3-5-14-36-15-9-19-45-26-20-24(39-29(40-28)42-30)10-11-25(26)27(44)38-21-31(12-13-31)22-43-17-7-8-18-43/h10-11,20,36H,1-9,12-19,21-23H2,(H,38,44)(H2,37,39,40,41,42). The van der Waals surface area contributed by atoms with E-state index < -0.39 is 18.8 Å². The summed E-state index contributed by atoms with van der Waals surface area (Å²) in [6.45, 7) is 5.10. The van der Waals surface area contributed by atoms with Crippen LogP contribution in [0.25, 0.3) is 0 Å². The highest BCUT2D eigenvalue weighted by Gasteiger charge is 2.44. The summed E-state index contributed by atoms with van der Waals surface area (Å²) >= 11 is 0. The molecule has 2 fully saturated rings. The van der Waals surface area contributed by atoms with Crippen LogP contribution in [0.2, 0.25) is 0 Å². The fourth-order valence-corrected chi connectivity index (χ4v) is 5.87. The second-order valence-corrected chi connectivity index (χ2v) is 12.7. The van der Waals surface area contributed by atoms with Crippen LogP contribution in [0.1, 0.15) is 81.0 Å². The first-order valence-corrected chi connectivity index (χ1v) is 16.7. The highest BCUT2D eigenvalue weighted by molar-refractivity contribution is 5.97. The molecule has 4 bridgehead atoms. The number of fused-ring (bicyclic) bond motifs is 4. The number of aromatic nitrogens is 3. The van der Waals surface area contributed by atoms with Gasteiger partial charge in [0, 0.05) is 36.8 Å². The van der Waals surface area contributed by atoms with Crippen LogP contribution in [-0.2, 0) is 0 Å². The maximum Gasteiger partial charge on any atom is 0.422 e. The Hall–Kier alpha value is -3.39. The van der Waals surface area contributed by atoms with Crippen LogP contribution in [0, 0.1) is 5.41 Å². The number of nitrogens with one attached hydrogen (secondary N) is 4. The van der Waals surface area contributed by atoms with E-state index >= 15 is 0 Å². The molecule has 0 radical (unpaired) electrons. The van der Waals surface area contributed by atoms with Gasteiger partial charge in [-0.3, -0.25) is 4.79 Å². The lowest BCUT2D eigenvalue weighted by atomic mass is 10.1. The number of alkyl halides is 3. The zero-order valence-electron chi connectivity index (χ0n) is 26.5. The minimum atomic E-state index is -4.54. The molecular formula is C32H47F3N8O3. The van der Waals surface area contributed by atoms with Crippen LogP contribution < -0.4 is 30.7 Å². The molecule has 0 spiro atoms. The van der Waals surface area contributed by atoms with Gasteiger partial charge >= 0.3 is 12.2 Å². The number of carbonyl (C=O) groups excluding carboxylic acids is 1. The first-order valence-electron chi connectivity index (χ1n) is 16.7. The first kappa shape index (κ1) is 34.0. The van der Waals surface area contributed by atoms with Crippen LogP contribution in [-0.4, -0.2) is 91.0 Å². The second kappa shape index (κ2) is 16.4. The molecule has 1 saturated carbocycles. The van der Waals surface area contributed by atoms with Crippen LogP contribution in [0.4, 0.5) is 30.8 Å². The van der Waals surface area contributed by atoms with Gasteiger partial charge in [-0.25, -0.2) is 0 Å². The molecule has 1 aromatic carbocycles. The van der Waals surface area contributed by atoms with E-state index in [0.717, 1.165) is 90.5 Å². The molecule has 46 heavy (non-hydrogen) atoms. The number of rotatable bonds is 7. The van der Waals surface area contributed by atoms with E-state index in [2.05, 4.69) is 41.1 Å². The molecule has 0 atom stereocenters. The Kier molecular flexibility index (Phi) is 12.1. The Labute approximate surface area is 268 Å². The molecule has 1 aromatic heterocycles. The molecule has 11 nitrogen and oxygen atoms in total. The minimum Gasteiger partial charge on any atom is -0.493 e. The average Bonchev–Trinajstić information content (AvgIpc) is 3.59. The van der Waals surface area contributed by atoms with Crippen molar-refractivity contribution in [1.82, 2.24) is 30.5 Å². The lowest BCUT2D eigenvalue weighted by Crippen LogP contribution is -2.37. The van der Waals surface area contributed by atoms with Gasteiger partial charge in [0.2, 0.25) is 11.9 Å². The summed E-state index contributed by atoms with van der Waals surface area (Å²) in [5, 5.41) is 12.7. The number of amides is 1.